The molecule has 0 saturated carbocycles. The Morgan fingerprint density at radius 3 is 1.49 bits per heavy atom. The first-order chi connectivity index (χ1) is 65.8. The van der Waals surface area contributed by atoms with Crippen LogP contribution in [0.2, 0.25) is 0 Å². The number of amides is 13. The maximum absolute atomic E-state index is 15.4. The molecule has 762 valence electrons. The van der Waals surface area contributed by atoms with Gasteiger partial charge in [-0.2, -0.15) is 0 Å². The van der Waals surface area contributed by atoms with Crippen molar-refractivity contribution in [1.82, 2.24) is 84.4 Å². The van der Waals surface area contributed by atoms with Gasteiger partial charge in [0.15, 0.2) is 6.04 Å². The minimum Gasteiger partial charge on any atom is -0.481 e. The molecule has 138 heavy (non-hydrogen) atoms. The number of carbonyl (C=O) groups is 17. The molecule has 1 saturated heterocycles. The highest BCUT2D eigenvalue weighted by atomic mass is 33.1. The van der Waals surface area contributed by atoms with Gasteiger partial charge < -0.3 is 144 Å². The first kappa shape index (κ1) is 115. The van der Waals surface area contributed by atoms with Gasteiger partial charge in [-0.3, -0.25) is 76.7 Å². The van der Waals surface area contributed by atoms with E-state index in [0.29, 0.717) is 105 Å². The molecular formula is C91H133N17O28S2. The highest BCUT2D eigenvalue weighted by Crippen LogP contribution is 2.26. The van der Waals surface area contributed by atoms with Crippen LogP contribution in [0, 0.1) is 17.8 Å². The number of benzene rings is 3. The minimum absolute atomic E-state index is 0.0460. The van der Waals surface area contributed by atoms with Gasteiger partial charge in [-0.1, -0.05) is 112 Å². The number of aromatic nitrogens is 2. The van der Waals surface area contributed by atoms with E-state index in [2.05, 4.69) is 84.4 Å². The average Bonchev–Trinajstić information content (AvgIpc) is 1.67. The molecule has 1 aliphatic rings. The fraction of sp³-hybridized carbons (Fsp3) is 0.571. The van der Waals surface area contributed by atoms with E-state index in [1.807, 2.05) is 0 Å². The van der Waals surface area contributed by atoms with Gasteiger partial charge in [-0.25, -0.2) is 4.79 Å². The van der Waals surface area contributed by atoms with Gasteiger partial charge in [0, 0.05) is 85.0 Å². The fourth-order valence-electron chi connectivity index (χ4n) is 13.9. The van der Waals surface area contributed by atoms with Gasteiger partial charge in [-0.15, -0.1) is 0 Å². The van der Waals surface area contributed by atoms with Crippen molar-refractivity contribution < 1.29 is 135 Å². The molecule has 0 bridgehead atoms. The highest BCUT2D eigenvalue weighted by molar-refractivity contribution is 8.76. The van der Waals surface area contributed by atoms with Crippen molar-refractivity contribution in [1.29, 1.82) is 0 Å². The summed E-state index contributed by atoms with van der Waals surface area (Å²) in [5.41, 5.74) is 8.15. The lowest BCUT2D eigenvalue weighted by Gasteiger charge is -2.29. The van der Waals surface area contributed by atoms with Gasteiger partial charge in [0.2, 0.25) is 76.8 Å². The Labute approximate surface area is 806 Å². The smallest absolute Gasteiger partial charge is 0.328 e. The lowest BCUT2D eigenvalue weighted by Crippen LogP contribution is -2.61. The van der Waals surface area contributed by atoms with Crippen molar-refractivity contribution in [3.05, 3.63) is 102 Å². The number of aromatic amines is 2. The van der Waals surface area contributed by atoms with Crippen LogP contribution in [-0.4, -0.2) is 320 Å². The summed E-state index contributed by atoms with van der Waals surface area (Å²) < 4.78 is 38.3. The number of aliphatic hydroxyl groups excluding tert-OH is 1. The first-order valence-electron chi connectivity index (χ1n) is 45.5. The van der Waals surface area contributed by atoms with Crippen molar-refractivity contribution >= 4 is 144 Å². The van der Waals surface area contributed by atoms with E-state index in [1.165, 1.54) is 6.92 Å². The number of aliphatic carboxylic acids is 3. The quantitative estimate of drug-likeness (QED) is 0.00950. The van der Waals surface area contributed by atoms with Crippen molar-refractivity contribution in [3.8, 4) is 5.75 Å². The molecule has 1 fully saturated rings. The molecule has 0 radical (unpaired) electrons. The number of para-hydroxylation sites is 2. The Bertz CT molecular complexity index is 4810. The lowest BCUT2D eigenvalue weighted by atomic mass is 9.98. The zero-order valence-corrected chi connectivity index (χ0v) is 80.5. The van der Waals surface area contributed by atoms with Crippen LogP contribution in [0.25, 0.3) is 21.8 Å². The molecule has 13 atom stereocenters. The van der Waals surface area contributed by atoms with E-state index >= 15 is 14.4 Å². The number of ether oxygens (including phenoxy) is 7. The molecule has 3 heterocycles. The molecule has 0 aliphatic carbocycles. The number of hydrogen-bond acceptors (Lipinski definition) is 29. The number of esters is 1. The molecule has 45 nitrogen and oxygen atoms in total. The van der Waals surface area contributed by atoms with Crippen LogP contribution in [0.4, 0.5) is 0 Å². The average molecular weight is 1980 g/mol. The largest absolute Gasteiger partial charge is 0.481 e. The zero-order valence-electron chi connectivity index (χ0n) is 78.9. The molecule has 3 aromatic carbocycles. The van der Waals surface area contributed by atoms with Crippen molar-refractivity contribution in [3.63, 3.8) is 0 Å². The number of carbonyl (C=O) groups excluding carboxylic acids is 14. The van der Waals surface area contributed by atoms with Crippen LogP contribution in [-0.2, 0) is 129 Å². The van der Waals surface area contributed by atoms with Crippen LogP contribution >= 0.6 is 21.6 Å². The third kappa shape index (κ3) is 42.2. The maximum Gasteiger partial charge on any atom is 0.328 e. The van der Waals surface area contributed by atoms with Gasteiger partial charge >= 0.3 is 23.9 Å². The predicted octanol–water partition coefficient (Wildman–Crippen LogP) is -1.11. The van der Waals surface area contributed by atoms with Gasteiger partial charge in [0.1, 0.15) is 72.2 Å². The molecule has 13 amide bonds. The van der Waals surface area contributed by atoms with Gasteiger partial charge in [0.05, 0.1) is 105 Å². The van der Waals surface area contributed by atoms with Gasteiger partial charge in [0.25, 0.3) is 0 Å². The monoisotopic (exact) mass is 1980 g/mol. The van der Waals surface area contributed by atoms with E-state index in [1.54, 1.807) is 127 Å². The molecule has 0 spiro atoms. The van der Waals surface area contributed by atoms with Crippen LogP contribution in [0.1, 0.15) is 124 Å². The molecule has 0 unspecified atom stereocenters. The number of carboxylic acid groups (broad SMARTS) is 3. The van der Waals surface area contributed by atoms with Crippen molar-refractivity contribution in [2.24, 2.45) is 23.5 Å². The number of rotatable bonds is 47. The minimum atomic E-state index is -1.99. The number of nitrogens with two attached hydrogens (primary N) is 1. The number of hydrogen-bond donors (Lipinski definition) is 21. The Morgan fingerprint density at radius 1 is 0.500 bits per heavy atom. The topological polar surface area (TPSA) is 662 Å². The SMILES string of the molecule is CC(=O)N[C@@H](CC(=O)O)C(=O)N[C@H]1CSSC[C@@H](C(=O)N[C@H](C(=O)O)[C@@H](C)O)NC(=O)[C@H](Cc2c[nH]c3ccccc23)NC(=O)[C@H](C(C)C)NC(=O)[C@H](CC(C)C)NC(=O)[C@H](CCC(=O)O)NC(=O)CNC(=O)[C@H](CC(C)C)NC(=O)[C@H](CCNCc2ccc(OC(=O)CCOCCOCCOCCOCCOCCOCCN)cc2)NC(=O)[C@H](Cc2c[nH]c3ccccc23)NC(=O)[C@H](C)NC1=O. The van der Waals surface area contributed by atoms with Gasteiger partial charge in [-0.05, 0) is 105 Å². The van der Waals surface area contributed by atoms with Crippen molar-refractivity contribution in [2.45, 2.75) is 205 Å². The Kier molecular flexibility index (Phi) is 51.1. The second-order valence-corrected chi connectivity index (χ2v) is 36.4. The Hall–Kier alpha value is -11.9. The summed E-state index contributed by atoms with van der Waals surface area (Å²) in [7, 11) is 1.46. The summed E-state index contributed by atoms with van der Waals surface area (Å²) in [6.07, 6.45) is -2.09. The molecule has 6 rings (SSSR count). The fourth-order valence-corrected chi connectivity index (χ4v) is 16.3. The number of H-pyrrole nitrogens is 2. The summed E-state index contributed by atoms with van der Waals surface area (Å²) in [4.78, 5) is 245. The normalized spacial score (nSPS) is 20.6. The first-order valence-corrected chi connectivity index (χ1v) is 48.0. The van der Waals surface area contributed by atoms with E-state index in [4.69, 9.17) is 38.9 Å². The third-order valence-corrected chi connectivity index (χ3v) is 23.5. The van der Waals surface area contributed by atoms with Crippen LogP contribution in [0.5, 0.6) is 5.75 Å². The molecule has 2 aromatic heterocycles. The summed E-state index contributed by atoms with van der Waals surface area (Å²) in [6, 6.07) is 0.0163. The highest BCUT2D eigenvalue weighted by Gasteiger charge is 2.39. The van der Waals surface area contributed by atoms with E-state index < -0.39 is 223 Å². The van der Waals surface area contributed by atoms with E-state index in [-0.39, 0.29) is 89.0 Å². The molecule has 22 N–H and O–H groups in total. The van der Waals surface area contributed by atoms with E-state index in [9.17, 15) is 87.5 Å². The Morgan fingerprint density at radius 2 is 0.978 bits per heavy atom. The molecule has 47 heteroatoms. The lowest BCUT2D eigenvalue weighted by molar-refractivity contribution is -0.145. The number of carboxylic acids is 3. The summed E-state index contributed by atoms with van der Waals surface area (Å²) >= 11 is 0. The number of fused-ring (bicyclic) bond motifs is 2. The zero-order chi connectivity index (χ0) is 101. The predicted molar refractivity (Wildman–Crippen MR) is 506 cm³/mol. The van der Waals surface area contributed by atoms with Crippen LogP contribution in [0.15, 0.2) is 85.2 Å². The van der Waals surface area contributed by atoms with Crippen molar-refractivity contribution in [2.75, 3.05) is 110 Å². The van der Waals surface area contributed by atoms with E-state index in [0.717, 1.165) is 35.4 Å². The third-order valence-electron chi connectivity index (χ3n) is 21.1. The maximum atomic E-state index is 15.4. The molecule has 5 aromatic rings. The standard InChI is InChI=1S/C91H133N17O28S2/c1-51(2)40-67-81(118)96-48-74(111)99-65(22-23-75(112)113)82(119)103-68(41-52(3)4)87(124)107-78(53(5)6)90(127)104-70(43-59-47-95-64-17-13-11-15-62(59)64)85(122)106-73(89(126)108-79(55(8)109)91(128)129)50-138-137-49-72(105-86(123)71(44-76(114)115)98-56(9)110)88(125)97-54(7)80(117)101-69(42-58-46-94-63-16-12-10-14-61(58)63)84(121)100-66(83(120)102-67)24-27-93-45-57-18-20-60(21-19-57)136-77(116)25-28-130-30-32-132-34-36-134-38-39-135-37-35-133-33-31-131-29-26-92/h10-21,46-47,51-55,65-73,78-79,93-95,109H,22-45,48-50,92H2,1-9H3,(H,96,118)(H,97,125)(H,98,110)(H,99,111)(H,100,121)(H,101,117)(H,102,120)(H,103,119)(H,104,127)(H,105,123)(H,106,122)(H,107,124)(H,108,126)(H,112,113)(H,114,115)(H,128,129)/t54-,55+,65-,66-,67-,68-,69-,70-,71-,72-,73-,78-,79-/m0/s1. The second-order valence-electron chi connectivity index (χ2n) is 33.8. The van der Waals surface area contributed by atoms with Crippen LogP contribution in [0.3, 0.4) is 0 Å². The summed E-state index contributed by atoms with van der Waals surface area (Å²) in [6.45, 7) is 16.9. The number of nitrogens with one attached hydrogen (secondary N) is 16. The second kappa shape index (κ2) is 61.4. The van der Waals surface area contributed by atoms with Crippen LogP contribution < -0.4 is 84.9 Å². The Balaban J connectivity index is 1.33. The number of aliphatic hydroxyl groups is 1. The summed E-state index contributed by atoms with van der Waals surface area (Å²) in [5.74, 6) is -21.2. The molecule has 1 aliphatic heterocycles. The summed E-state index contributed by atoms with van der Waals surface area (Å²) in [5, 5.41) is 77.7. The molecular weight excluding hydrogens is 1840 g/mol.